The van der Waals surface area contributed by atoms with E-state index >= 15 is 0 Å². The van der Waals surface area contributed by atoms with E-state index in [1.807, 2.05) is 26.1 Å². The van der Waals surface area contributed by atoms with Crippen LogP contribution in [0.1, 0.15) is 32.3 Å². The lowest BCUT2D eigenvalue weighted by Crippen LogP contribution is -2.39. The molecule has 0 aromatic heterocycles. The Morgan fingerprint density at radius 3 is 2.30 bits per heavy atom. The molecule has 0 bridgehead atoms. The summed E-state index contributed by atoms with van der Waals surface area (Å²) in [5.74, 6) is 0.878. The first-order chi connectivity index (χ1) is 10.4. The van der Waals surface area contributed by atoms with Gasteiger partial charge in [-0.1, -0.05) is 25.5 Å². The molecule has 0 fully saturated rings. The fourth-order valence-corrected chi connectivity index (χ4v) is 2.61. The largest absolute Gasteiger partial charge is 0.357 e. The Bertz CT molecular complexity index is 586. The number of hydrogen-bond acceptors (Lipinski definition) is 3. The Hall–Kier alpha value is -0.830. The van der Waals surface area contributed by atoms with Crippen LogP contribution in [0.25, 0.3) is 0 Å². The highest BCUT2D eigenvalue weighted by Crippen LogP contribution is 2.11. The van der Waals surface area contributed by atoms with Gasteiger partial charge in [0.25, 0.3) is 0 Å². The summed E-state index contributed by atoms with van der Waals surface area (Å²) in [6.07, 6.45) is 3.49. The van der Waals surface area contributed by atoms with Gasteiger partial charge in [0.05, 0.1) is 11.4 Å². The standard InChI is InChI=1S/C16H27N3O2S.HI/c1-5-7-12-19(3)16(17-6-2)18-13-14-8-10-15(11-9-14)22(4,20)21;/h8-11H,5-7,12-13H2,1-4H3,(H,17,18);1H. The molecule has 23 heavy (non-hydrogen) atoms. The van der Waals surface area contributed by atoms with Crippen LogP contribution in [0.5, 0.6) is 0 Å². The molecule has 0 unspecified atom stereocenters. The van der Waals surface area contributed by atoms with Gasteiger partial charge in [-0.2, -0.15) is 0 Å². The fourth-order valence-electron chi connectivity index (χ4n) is 1.98. The van der Waals surface area contributed by atoms with Crippen molar-refractivity contribution in [2.75, 3.05) is 26.4 Å². The quantitative estimate of drug-likeness (QED) is 0.392. The van der Waals surface area contributed by atoms with Gasteiger partial charge in [0.2, 0.25) is 0 Å². The highest BCUT2D eigenvalue weighted by molar-refractivity contribution is 14.0. The van der Waals surface area contributed by atoms with E-state index in [4.69, 9.17) is 0 Å². The minimum atomic E-state index is -3.14. The first-order valence-electron chi connectivity index (χ1n) is 7.67. The number of hydrogen-bond donors (Lipinski definition) is 1. The lowest BCUT2D eigenvalue weighted by Gasteiger charge is -2.21. The highest BCUT2D eigenvalue weighted by atomic mass is 127. The molecule has 0 saturated carbocycles. The van der Waals surface area contributed by atoms with Crippen LogP contribution in [0.15, 0.2) is 34.2 Å². The van der Waals surface area contributed by atoms with E-state index in [1.165, 1.54) is 6.26 Å². The maximum Gasteiger partial charge on any atom is 0.193 e. The Kier molecular flexibility index (Phi) is 10.5. The zero-order chi connectivity index (χ0) is 16.6. The number of nitrogens with one attached hydrogen (secondary N) is 1. The summed E-state index contributed by atoms with van der Waals surface area (Å²) in [4.78, 5) is 7.07. The van der Waals surface area contributed by atoms with Gasteiger partial charge in [0.15, 0.2) is 15.8 Å². The maximum absolute atomic E-state index is 11.4. The molecule has 0 aliphatic carbocycles. The molecule has 5 nitrogen and oxygen atoms in total. The maximum atomic E-state index is 11.4. The minimum absolute atomic E-state index is 0. The molecule has 0 spiro atoms. The van der Waals surface area contributed by atoms with E-state index in [1.54, 1.807) is 12.1 Å². The highest BCUT2D eigenvalue weighted by Gasteiger charge is 2.07. The zero-order valence-corrected chi connectivity index (χ0v) is 17.5. The summed E-state index contributed by atoms with van der Waals surface area (Å²) in [5, 5.41) is 3.28. The normalized spacial score (nSPS) is 11.7. The smallest absolute Gasteiger partial charge is 0.193 e. The van der Waals surface area contributed by atoms with Gasteiger partial charge in [-0.3, -0.25) is 0 Å². The molecule has 7 heteroatoms. The molecule has 0 amide bonds. The van der Waals surface area contributed by atoms with Gasteiger partial charge in [-0.25, -0.2) is 13.4 Å². The molecule has 1 aromatic rings. The lowest BCUT2D eigenvalue weighted by atomic mass is 10.2. The van der Waals surface area contributed by atoms with Gasteiger partial charge in [-0.15, -0.1) is 24.0 Å². The molecule has 0 aliphatic rings. The number of aliphatic imine (C=N–C) groups is 1. The Morgan fingerprint density at radius 2 is 1.83 bits per heavy atom. The van der Waals surface area contributed by atoms with E-state index in [-0.39, 0.29) is 24.0 Å². The van der Waals surface area contributed by atoms with Crippen molar-refractivity contribution in [2.45, 2.75) is 38.1 Å². The van der Waals surface area contributed by atoms with Crippen molar-refractivity contribution >= 4 is 39.8 Å². The topological polar surface area (TPSA) is 61.8 Å². The Balaban J connectivity index is 0.00000484. The first-order valence-corrected chi connectivity index (χ1v) is 9.56. The van der Waals surface area contributed by atoms with Crippen LogP contribution in [0, 0.1) is 0 Å². The molecule has 132 valence electrons. The second-order valence-electron chi connectivity index (χ2n) is 5.36. The van der Waals surface area contributed by atoms with Crippen LogP contribution >= 0.6 is 24.0 Å². The van der Waals surface area contributed by atoms with Gasteiger partial charge in [0, 0.05) is 26.4 Å². The molecule has 0 radical (unpaired) electrons. The van der Waals surface area contributed by atoms with Crippen LogP contribution in [0.4, 0.5) is 0 Å². The number of nitrogens with zero attached hydrogens (tertiary/aromatic N) is 2. The third kappa shape index (κ3) is 8.01. The molecule has 0 heterocycles. The lowest BCUT2D eigenvalue weighted by molar-refractivity contribution is 0.465. The van der Waals surface area contributed by atoms with Gasteiger partial charge >= 0.3 is 0 Å². The molecular weight excluding hydrogens is 425 g/mol. The summed E-state index contributed by atoms with van der Waals surface area (Å²) in [7, 11) is -1.11. The molecule has 1 aromatic carbocycles. The second kappa shape index (κ2) is 10.9. The number of unbranched alkanes of at least 4 members (excludes halogenated alkanes) is 1. The number of guanidine groups is 1. The molecule has 1 rings (SSSR count). The van der Waals surface area contributed by atoms with E-state index in [2.05, 4.69) is 22.1 Å². The zero-order valence-electron chi connectivity index (χ0n) is 14.4. The average molecular weight is 453 g/mol. The molecule has 0 atom stereocenters. The molecular formula is C16H28IN3O2S. The minimum Gasteiger partial charge on any atom is -0.357 e. The van der Waals surface area contributed by atoms with Crippen LogP contribution in [0.3, 0.4) is 0 Å². The monoisotopic (exact) mass is 453 g/mol. The molecule has 0 saturated heterocycles. The summed E-state index contributed by atoms with van der Waals surface area (Å²) >= 11 is 0. The van der Waals surface area contributed by atoms with Gasteiger partial charge in [0.1, 0.15) is 0 Å². The van der Waals surface area contributed by atoms with Crippen molar-refractivity contribution in [2.24, 2.45) is 4.99 Å². The Morgan fingerprint density at radius 1 is 1.22 bits per heavy atom. The summed E-state index contributed by atoms with van der Waals surface area (Å²) < 4.78 is 22.9. The van der Waals surface area contributed by atoms with Crippen molar-refractivity contribution in [3.63, 3.8) is 0 Å². The summed E-state index contributed by atoms with van der Waals surface area (Å²) in [6.45, 7) is 6.53. The first kappa shape index (κ1) is 22.2. The van der Waals surface area contributed by atoms with E-state index < -0.39 is 9.84 Å². The molecule has 1 N–H and O–H groups in total. The predicted octanol–water partition coefficient (Wildman–Crippen LogP) is 2.91. The SMILES string of the molecule is CCCCN(C)C(=NCc1ccc(S(C)(=O)=O)cc1)NCC.I. The average Bonchev–Trinajstić information content (AvgIpc) is 2.48. The number of benzene rings is 1. The summed E-state index contributed by atoms with van der Waals surface area (Å²) in [6, 6.07) is 6.90. The van der Waals surface area contributed by atoms with Gasteiger partial charge in [-0.05, 0) is 31.0 Å². The predicted molar refractivity (Wildman–Crippen MR) is 107 cm³/mol. The van der Waals surface area contributed by atoms with E-state index in [9.17, 15) is 8.42 Å². The Labute approximate surface area is 157 Å². The van der Waals surface area contributed by atoms with E-state index in [0.29, 0.717) is 11.4 Å². The summed E-state index contributed by atoms with van der Waals surface area (Å²) in [5.41, 5.74) is 0.992. The van der Waals surface area contributed by atoms with Crippen LogP contribution in [-0.2, 0) is 16.4 Å². The van der Waals surface area contributed by atoms with Crippen LogP contribution in [-0.4, -0.2) is 45.7 Å². The molecule has 0 aliphatic heterocycles. The van der Waals surface area contributed by atoms with E-state index in [0.717, 1.165) is 37.5 Å². The number of sulfone groups is 1. The number of rotatable bonds is 7. The number of halogens is 1. The van der Waals surface area contributed by atoms with Crippen molar-refractivity contribution in [3.8, 4) is 0 Å². The third-order valence-electron chi connectivity index (χ3n) is 3.31. The van der Waals surface area contributed by atoms with Crippen molar-refractivity contribution < 1.29 is 8.42 Å². The van der Waals surface area contributed by atoms with Crippen molar-refractivity contribution in [1.29, 1.82) is 0 Å². The van der Waals surface area contributed by atoms with Gasteiger partial charge < -0.3 is 10.2 Å². The van der Waals surface area contributed by atoms with Crippen molar-refractivity contribution in [1.82, 2.24) is 10.2 Å². The third-order valence-corrected chi connectivity index (χ3v) is 4.43. The fraction of sp³-hybridized carbons (Fsp3) is 0.562. The van der Waals surface area contributed by atoms with Crippen LogP contribution < -0.4 is 5.32 Å². The van der Waals surface area contributed by atoms with Crippen molar-refractivity contribution in [3.05, 3.63) is 29.8 Å². The van der Waals surface area contributed by atoms with Crippen LogP contribution in [0.2, 0.25) is 0 Å². The second-order valence-corrected chi connectivity index (χ2v) is 7.38.